The Morgan fingerprint density at radius 1 is 1.33 bits per heavy atom. The molecule has 12 heavy (non-hydrogen) atoms. The van der Waals surface area contributed by atoms with E-state index in [0.29, 0.717) is 0 Å². The fourth-order valence-corrected chi connectivity index (χ4v) is 0.597. The zero-order valence-electron chi connectivity index (χ0n) is 6.17. The normalized spacial score (nSPS) is 21.1. The summed E-state index contributed by atoms with van der Waals surface area (Å²) in [5.74, 6) is 0. The highest BCUT2D eigenvalue weighted by Gasteiger charge is 2.31. The van der Waals surface area contributed by atoms with Gasteiger partial charge in [0.2, 0.25) is 0 Å². The van der Waals surface area contributed by atoms with Crippen molar-refractivity contribution in [1.82, 2.24) is 0 Å². The van der Waals surface area contributed by atoms with Crippen LogP contribution in [-0.2, 0) is 4.79 Å². The smallest absolute Gasteiger partial charge is 0.157 e. The van der Waals surface area contributed by atoms with Crippen LogP contribution < -0.4 is 0 Å². The van der Waals surface area contributed by atoms with Gasteiger partial charge in [-0.3, -0.25) is 0 Å². The Morgan fingerprint density at radius 2 is 1.83 bits per heavy atom. The second-order valence-electron chi connectivity index (χ2n) is 2.31. The molecule has 0 aliphatic heterocycles. The van der Waals surface area contributed by atoms with E-state index in [1.165, 1.54) is 0 Å². The SMILES string of the molecule is O=C[C@H](O)[C@@H](O)[C@@H](F)[C@H](O)CO. The van der Waals surface area contributed by atoms with Gasteiger partial charge < -0.3 is 25.2 Å². The summed E-state index contributed by atoms with van der Waals surface area (Å²) in [6, 6.07) is 0. The van der Waals surface area contributed by atoms with Crippen LogP contribution in [0.1, 0.15) is 0 Å². The molecule has 0 heterocycles. The van der Waals surface area contributed by atoms with Gasteiger partial charge in [-0.1, -0.05) is 0 Å². The number of alkyl halides is 1. The van der Waals surface area contributed by atoms with E-state index in [1.807, 2.05) is 0 Å². The quantitative estimate of drug-likeness (QED) is 0.355. The molecule has 0 aromatic carbocycles. The van der Waals surface area contributed by atoms with Crippen LogP contribution in [0.5, 0.6) is 0 Å². The van der Waals surface area contributed by atoms with Crippen molar-refractivity contribution < 1.29 is 29.6 Å². The van der Waals surface area contributed by atoms with Crippen LogP contribution in [0.15, 0.2) is 0 Å². The van der Waals surface area contributed by atoms with Gasteiger partial charge in [-0.2, -0.15) is 0 Å². The van der Waals surface area contributed by atoms with Crippen LogP contribution in [-0.4, -0.2) is 57.8 Å². The van der Waals surface area contributed by atoms with Crippen molar-refractivity contribution in [2.24, 2.45) is 0 Å². The van der Waals surface area contributed by atoms with Gasteiger partial charge in [0.1, 0.15) is 18.3 Å². The standard InChI is InChI=1S/C6H11FO5/c7-5(3(10)1-8)6(12)4(11)2-9/h2-6,8,10-12H,1H2/t3-,4+,5+,6-/m1/s1. The zero-order valence-corrected chi connectivity index (χ0v) is 6.17. The van der Waals surface area contributed by atoms with Gasteiger partial charge in [-0.05, 0) is 0 Å². The summed E-state index contributed by atoms with van der Waals surface area (Å²) in [7, 11) is 0. The van der Waals surface area contributed by atoms with Crippen molar-refractivity contribution in [3.05, 3.63) is 0 Å². The fourth-order valence-electron chi connectivity index (χ4n) is 0.597. The monoisotopic (exact) mass is 182 g/mol. The lowest BCUT2D eigenvalue weighted by atomic mass is 10.1. The molecule has 0 radical (unpaired) electrons. The highest BCUT2D eigenvalue weighted by Crippen LogP contribution is 2.07. The third kappa shape index (κ3) is 2.82. The maximum atomic E-state index is 12.6. The molecule has 0 bridgehead atoms. The van der Waals surface area contributed by atoms with E-state index in [1.54, 1.807) is 0 Å². The van der Waals surface area contributed by atoms with Crippen LogP contribution in [0, 0.1) is 0 Å². The lowest BCUT2D eigenvalue weighted by Gasteiger charge is -2.20. The molecule has 0 aromatic rings. The summed E-state index contributed by atoms with van der Waals surface area (Å²) in [6.07, 6.45) is -7.99. The summed E-state index contributed by atoms with van der Waals surface area (Å²) >= 11 is 0. The number of aliphatic hydroxyl groups excluding tert-OH is 4. The molecule has 0 aliphatic rings. The Balaban J connectivity index is 4.07. The number of hydrogen-bond donors (Lipinski definition) is 4. The van der Waals surface area contributed by atoms with Crippen molar-refractivity contribution in [3.63, 3.8) is 0 Å². The molecule has 0 rings (SSSR count). The molecule has 0 saturated carbocycles. The Morgan fingerprint density at radius 3 is 2.17 bits per heavy atom. The first kappa shape index (κ1) is 11.4. The van der Waals surface area contributed by atoms with Gasteiger partial charge >= 0.3 is 0 Å². The minimum Gasteiger partial charge on any atom is -0.394 e. The average molecular weight is 182 g/mol. The van der Waals surface area contributed by atoms with Crippen molar-refractivity contribution >= 4 is 6.29 Å². The maximum Gasteiger partial charge on any atom is 0.157 e. The predicted molar refractivity (Wildman–Crippen MR) is 36.1 cm³/mol. The van der Waals surface area contributed by atoms with Crippen molar-refractivity contribution in [2.75, 3.05) is 6.61 Å². The minimum absolute atomic E-state index is 0.0542. The summed E-state index contributed by atoms with van der Waals surface area (Å²) in [5, 5.41) is 34.2. The Labute approximate surface area is 68.1 Å². The summed E-state index contributed by atoms with van der Waals surface area (Å²) in [4.78, 5) is 9.84. The van der Waals surface area contributed by atoms with Crippen LogP contribution in [0.4, 0.5) is 4.39 Å². The van der Waals surface area contributed by atoms with Gasteiger partial charge in [-0.25, -0.2) is 4.39 Å². The minimum atomic E-state index is -2.24. The van der Waals surface area contributed by atoms with Gasteiger partial charge in [0, 0.05) is 0 Å². The molecule has 4 atom stereocenters. The number of carbonyl (C=O) groups is 1. The molecule has 72 valence electrons. The Hall–Kier alpha value is -0.560. The molecule has 0 aliphatic carbocycles. The van der Waals surface area contributed by atoms with E-state index in [0.717, 1.165) is 0 Å². The molecule has 0 amide bonds. The van der Waals surface area contributed by atoms with Crippen LogP contribution in [0.25, 0.3) is 0 Å². The van der Waals surface area contributed by atoms with Crippen LogP contribution >= 0.6 is 0 Å². The third-order valence-electron chi connectivity index (χ3n) is 1.37. The molecule has 0 aromatic heterocycles. The molecular weight excluding hydrogens is 171 g/mol. The van der Waals surface area contributed by atoms with E-state index in [2.05, 4.69) is 0 Å². The van der Waals surface area contributed by atoms with Gasteiger partial charge in [-0.15, -0.1) is 0 Å². The molecule has 0 saturated heterocycles. The number of aliphatic hydroxyl groups is 4. The number of halogens is 1. The summed E-state index contributed by atoms with van der Waals surface area (Å²) in [6.45, 7) is -0.885. The van der Waals surface area contributed by atoms with E-state index >= 15 is 0 Å². The van der Waals surface area contributed by atoms with Crippen molar-refractivity contribution in [1.29, 1.82) is 0 Å². The van der Waals surface area contributed by atoms with E-state index in [4.69, 9.17) is 20.4 Å². The van der Waals surface area contributed by atoms with E-state index in [-0.39, 0.29) is 6.29 Å². The molecular formula is C6H11FO5. The molecule has 6 heteroatoms. The van der Waals surface area contributed by atoms with Gasteiger partial charge in [0.05, 0.1) is 6.61 Å². The maximum absolute atomic E-state index is 12.6. The summed E-state index contributed by atoms with van der Waals surface area (Å²) < 4.78 is 12.6. The zero-order chi connectivity index (χ0) is 9.72. The number of aldehydes is 1. The Bertz CT molecular complexity index is 142. The largest absolute Gasteiger partial charge is 0.394 e. The molecule has 0 spiro atoms. The predicted octanol–water partition coefficient (Wildman–Crippen LogP) is -2.40. The number of carbonyl (C=O) groups excluding carboxylic acids is 1. The molecule has 5 nitrogen and oxygen atoms in total. The fraction of sp³-hybridized carbons (Fsp3) is 0.833. The highest BCUT2D eigenvalue weighted by atomic mass is 19.1. The average Bonchev–Trinajstić information content (AvgIpc) is 2.12. The molecule has 0 unspecified atom stereocenters. The lowest BCUT2D eigenvalue weighted by molar-refractivity contribution is -0.127. The highest BCUT2D eigenvalue weighted by molar-refractivity contribution is 5.56. The topological polar surface area (TPSA) is 98.0 Å². The first-order chi connectivity index (χ1) is 5.54. The number of rotatable bonds is 5. The Kier molecular flexibility index (Phi) is 4.91. The molecule has 0 fully saturated rings. The van der Waals surface area contributed by atoms with Crippen molar-refractivity contribution in [2.45, 2.75) is 24.5 Å². The first-order valence-electron chi connectivity index (χ1n) is 3.29. The second kappa shape index (κ2) is 5.15. The summed E-state index contributed by atoms with van der Waals surface area (Å²) in [5.41, 5.74) is 0. The van der Waals surface area contributed by atoms with E-state index < -0.39 is 31.1 Å². The van der Waals surface area contributed by atoms with Crippen LogP contribution in [0.3, 0.4) is 0 Å². The van der Waals surface area contributed by atoms with E-state index in [9.17, 15) is 9.18 Å². The first-order valence-corrected chi connectivity index (χ1v) is 3.29. The van der Waals surface area contributed by atoms with Gasteiger partial charge in [0.25, 0.3) is 0 Å². The van der Waals surface area contributed by atoms with Crippen LogP contribution in [0.2, 0.25) is 0 Å². The van der Waals surface area contributed by atoms with Crippen molar-refractivity contribution in [3.8, 4) is 0 Å². The second-order valence-corrected chi connectivity index (χ2v) is 2.31. The third-order valence-corrected chi connectivity index (χ3v) is 1.37. The lowest BCUT2D eigenvalue weighted by Crippen LogP contribution is -2.43. The number of hydrogen-bond acceptors (Lipinski definition) is 5. The van der Waals surface area contributed by atoms with Gasteiger partial charge in [0.15, 0.2) is 12.5 Å². The molecule has 4 N–H and O–H groups in total.